The summed E-state index contributed by atoms with van der Waals surface area (Å²) in [7, 11) is 0. The molecule has 2 aromatic heterocycles. The van der Waals surface area contributed by atoms with Gasteiger partial charge in [0.2, 0.25) is 0 Å². The van der Waals surface area contributed by atoms with Crippen molar-refractivity contribution in [1.29, 1.82) is 0 Å². The predicted octanol–water partition coefficient (Wildman–Crippen LogP) is -0.560. The number of amides is 1. The number of pyridine rings is 1. The van der Waals surface area contributed by atoms with Crippen molar-refractivity contribution in [2.45, 2.75) is 6.54 Å². The maximum atomic E-state index is 11.8. The molecule has 0 aromatic carbocycles. The number of nitrogens with one attached hydrogen (secondary N) is 2. The van der Waals surface area contributed by atoms with Gasteiger partial charge in [0.05, 0.1) is 13.1 Å². The monoisotopic (exact) mass is 256 g/mol. The van der Waals surface area contributed by atoms with Crippen LogP contribution in [-0.2, 0) is 6.54 Å². The molecule has 19 heavy (non-hydrogen) atoms. The Morgan fingerprint density at radius 1 is 1.42 bits per heavy atom. The Balaban J connectivity index is 1.95. The van der Waals surface area contributed by atoms with Gasteiger partial charge < -0.3 is 11.1 Å². The van der Waals surface area contributed by atoms with Crippen molar-refractivity contribution in [3.8, 4) is 11.8 Å². The second-order valence-corrected chi connectivity index (χ2v) is 3.55. The van der Waals surface area contributed by atoms with Crippen LogP contribution < -0.4 is 11.1 Å². The summed E-state index contributed by atoms with van der Waals surface area (Å²) in [6.07, 6.45) is 2.91. The van der Waals surface area contributed by atoms with Gasteiger partial charge in [-0.2, -0.15) is 5.10 Å². The minimum absolute atomic E-state index is 0.273. The van der Waals surface area contributed by atoms with E-state index < -0.39 is 0 Å². The molecule has 0 aliphatic rings. The normalized spacial score (nSPS) is 9.53. The highest BCUT2D eigenvalue weighted by molar-refractivity contribution is 5.92. The fraction of sp³-hybridized carbons (Fsp3) is 0.167. The van der Waals surface area contributed by atoms with Crippen LogP contribution >= 0.6 is 0 Å². The van der Waals surface area contributed by atoms with E-state index in [9.17, 15) is 4.79 Å². The first kappa shape index (κ1) is 12.7. The lowest BCUT2D eigenvalue weighted by Gasteiger charge is -2.02. The number of hydrogen-bond donors (Lipinski definition) is 3. The minimum atomic E-state index is -0.283. The number of carbonyl (C=O) groups excluding carboxylic acids is 1. The second kappa shape index (κ2) is 6.28. The molecule has 1 amide bonds. The number of hydrogen-bond acceptors (Lipinski definition) is 5. The summed E-state index contributed by atoms with van der Waals surface area (Å²) in [5, 5.41) is 9.01. The van der Waals surface area contributed by atoms with E-state index in [1.807, 2.05) is 0 Å². The first-order valence-corrected chi connectivity index (χ1v) is 5.57. The summed E-state index contributed by atoms with van der Waals surface area (Å²) < 4.78 is 0. The van der Waals surface area contributed by atoms with Crippen LogP contribution in [0.5, 0.6) is 0 Å². The van der Waals surface area contributed by atoms with E-state index in [4.69, 9.17) is 5.73 Å². The Bertz CT molecular complexity index is 593. The van der Waals surface area contributed by atoms with Crippen LogP contribution in [0.2, 0.25) is 0 Å². The van der Waals surface area contributed by atoms with Crippen LogP contribution in [0.3, 0.4) is 0 Å². The van der Waals surface area contributed by atoms with Crippen molar-refractivity contribution in [1.82, 2.24) is 25.5 Å². The summed E-state index contributed by atoms with van der Waals surface area (Å²) >= 11 is 0. The average molecular weight is 256 g/mol. The van der Waals surface area contributed by atoms with Crippen LogP contribution in [0.4, 0.5) is 0 Å². The summed E-state index contributed by atoms with van der Waals surface area (Å²) in [6, 6.07) is 3.33. The molecule has 4 N–H and O–H groups in total. The molecule has 96 valence electrons. The van der Waals surface area contributed by atoms with Crippen molar-refractivity contribution < 1.29 is 4.79 Å². The number of carbonyl (C=O) groups is 1. The maximum Gasteiger partial charge on any atom is 0.270 e. The van der Waals surface area contributed by atoms with E-state index in [-0.39, 0.29) is 12.5 Å². The fourth-order valence-electron chi connectivity index (χ4n) is 1.33. The van der Waals surface area contributed by atoms with Crippen molar-refractivity contribution >= 4 is 5.91 Å². The molecule has 7 nitrogen and oxygen atoms in total. The molecule has 2 rings (SSSR count). The number of aromatic amines is 1. The number of H-pyrrole nitrogens is 1. The van der Waals surface area contributed by atoms with Crippen LogP contribution in [0.15, 0.2) is 24.7 Å². The topological polar surface area (TPSA) is 110 Å². The molecule has 7 heteroatoms. The van der Waals surface area contributed by atoms with Gasteiger partial charge in [-0.1, -0.05) is 11.8 Å². The van der Waals surface area contributed by atoms with E-state index in [0.717, 1.165) is 5.56 Å². The highest BCUT2D eigenvalue weighted by Gasteiger charge is 2.07. The molecule has 0 aliphatic heterocycles. The van der Waals surface area contributed by atoms with Gasteiger partial charge in [-0.25, -0.2) is 9.97 Å². The zero-order valence-corrected chi connectivity index (χ0v) is 10.1. The first-order chi connectivity index (χ1) is 9.29. The van der Waals surface area contributed by atoms with Crippen LogP contribution in [0.25, 0.3) is 0 Å². The lowest BCUT2D eigenvalue weighted by Crippen LogP contribution is -2.24. The molecule has 0 radical (unpaired) electrons. The van der Waals surface area contributed by atoms with Gasteiger partial charge in [0.15, 0.2) is 0 Å². The van der Waals surface area contributed by atoms with E-state index in [2.05, 4.69) is 37.3 Å². The van der Waals surface area contributed by atoms with Crippen molar-refractivity contribution in [2.24, 2.45) is 5.73 Å². The quantitative estimate of drug-likeness (QED) is 0.638. The molecule has 0 aliphatic carbocycles. The van der Waals surface area contributed by atoms with Crippen LogP contribution in [-0.4, -0.2) is 32.6 Å². The predicted molar refractivity (Wildman–Crippen MR) is 67.7 cm³/mol. The number of nitrogens with two attached hydrogens (primary N) is 1. The Morgan fingerprint density at radius 2 is 2.32 bits per heavy atom. The standard InChI is InChI=1S/C12H12N6O/c13-5-1-2-9-3-4-10(14-6-9)12(19)15-7-11-16-8-17-18-11/h3-4,6,8H,5,7,13H2,(H,15,19)(H,16,17,18). The molecule has 0 unspecified atom stereocenters. The molecule has 2 heterocycles. The first-order valence-electron chi connectivity index (χ1n) is 5.57. The van der Waals surface area contributed by atoms with Crippen molar-refractivity contribution in [2.75, 3.05) is 6.54 Å². The lowest BCUT2D eigenvalue weighted by atomic mass is 10.2. The molecular weight excluding hydrogens is 244 g/mol. The largest absolute Gasteiger partial charge is 0.343 e. The molecule has 0 atom stereocenters. The van der Waals surface area contributed by atoms with E-state index in [1.54, 1.807) is 12.1 Å². The van der Waals surface area contributed by atoms with Gasteiger partial charge in [-0.15, -0.1) is 0 Å². The van der Waals surface area contributed by atoms with Crippen LogP contribution in [0, 0.1) is 11.8 Å². The zero-order chi connectivity index (χ0) is 13.5. The SMILES string of the molecule is NCC#Cc1ccc(C(=O)NCc2ncn[nH]2)nc1. The Kier molecular flexibility index (Phi) is 4.21. The molecule has 0 spiro atoms. The highest BCUT2D eigenvalue weighted by Crippen LogP contribution is 1.99. The Labute approximate surface area is 109 Å². The zero-order valence-electron chi connectivity index (χ0n) is 10.1. The molecule has 0 fully saturated rings. The molecule has 2 aromatic rings. The van der Waals surface area contributed by atoms with Gasteiger partial charge in [0.25, 0.3) is 5.91 Å². The summed E-state index contributed by atoms with van der Waals surface area (Å²) in [6.45, 7) is 0.564. The number of nitrogens with zero attached hydrogens (tertiary/aromatic N) is 3. The Morgan fingerprint density at radius 3 is 2.95 bits per heavy atom. The third-order valence-corrected chi connectivity index (χ3v) is 2.21. The highest BCUT2D eigenvalue weighted by atomic mass is 16.1. The van der Waals surface area contributed by atoms with Crippen molar-refractivity contribution in [3.05, 3.63) is 41.7 Å². The second-order valence-electron chi connectivity index (χ2n) is 3.55. The van der Waals surface area contributed by atoms with E-state index >= 15 is 0 Å². The van der Waals surface area contributed by atoms with Crippen molar-refractivity contribution in [3.63, 3.8) is 0 Å². The summed E-state index contributed by atoms with van der Waals surface area (Å²) in [5.74, 6) is 5.85. The average Bonchev–Trinajstić information content (AvgIpc) is 2.96. The molecule has 0 saturated heterocycles. The smallest absolute Gasteiger partial charge is 0.270 e. The van der Waals surface area contributed by atoms with Gasteiger partial charge >= 0.3 is 0 Å². The number of rotatable bonds is 3. The fourth-order valence-corrected chi connectivity index (χ4v) is 1.33. The molecular formula is C12H12N6O. The van der Waals surface area contributed by atoms with E-state index in [1.165, 1.54) is 12.5 Å². The van der Waals surface area contributed by atoms with Gasteiger partial charge in [-0.05, 0) is 12.1 Å². The third kappa shape index (κ3) is 3.62. The Hall–Kier alpha value is -2.72. The maximum absolute atomic E-state index is 11.8. The van der Waals surface area contributed by atoms with Gasteiger partial charge in [-0.3, -0.25) is 9.89 Å². The van der Waals surface area contributed by atoms with Crippen LogP contribution in [0.1, 0.15) is 21.9 Å². The minimum Gasteiger partial charge on any atom is -0.343 e. The lowest BCUT2D eigenvalue weighted by molar-refractivity contribution is 0.0945. The summed E-state index contributed by atoms with van der Waals surface area (Å²) in [4.78, 5) is 19.7. The van der Waals surface area contributed by atoms with E-state index in [0.29, 0.717) is 18.1 Å². The summed E-state index contributed by atoms with van der Waals surface area (Å²) in [5.41, 5.74) is 6.31. The molecule has 0 bridgehead atoms. The van der Waals surface area contributed by atoms with Gasteiger partial charge in [0.1, 0.15) is 17.8 Å². The third-order valence-electron chi connectivity index (χ3n) is 2.21. The molecule has 0 saturated carbocycles. The van der Waals surface area contributed by atoms with Gasteiger partial charge in [0, 0.05) is 11.8 Å². The number of aromatic nitrogens is 4.